The lowest BCUT2D eigenvalue weighted by atomic mass is 9.85. The lowest BCUT2D eigenvalue weighted by molar-refractivity contribution is -0.0865. The highest BCUT2D eigenvalue weighted by atomic mass is 79.9. The number of hydrogen-bond acceptors (Lipinski definition) is 3. The van der Waals surface area contributed by atoms with Crippen LogP contribution < -0.4 is 5.32 Å². The van der Waals surface area contributed by atoms with Crippen LogP contribution in [0.15, 0.2) is 22.7 Å². The summed E-state index contributed by atoms with van der Waals surface area (Å²) in [6.45, 7) is 3.07. The summed E-state index contributed by atoms with van der Waals surface area (Å²) in [5, 5.41) is 3.74. The maximum Gasteiger partial charge on any atom is 0.0717 e. The minimum absolute atomic E-state index is 0.154. The van der Waals surface area contributed by atoms with Gasteiger partial charge in [0.1, 0.15) is 0 Å². The molecule has 110 valence electrons. The van der Waals surface area contributed by atoms with Crippen molar-refractivity contribution in [2.24, 2.45) is 0 Å². The van der Waals surface area contributed by atoms with E-state index in [2.05, 4.69) is 58.1 Å². The normalized spacial score (nSPS) is 25.6. The van der Waals surface area contributed by atoms with Crippen molar-refractivity contribution in [3.63, 3.8) is 0 Å². The molecule has 1 aromatic carbocycles. The molecule has 1 spiro atoms. The van der Waals surface area contributed by atoms with Gasteiger partial charge in [0.25, 0.3) is 0 Å². The van der Waals surface area contributed by atoms with E-state index in [0.717, 1.165) is 23.9 Å². The lowest BCUT2D eigenvalue weighted by Crippen LogP contribution is -2.46. The van der Waals surface area contributed by atoms with Gasteiger partial charge in [-0.1, -0.05) is 22.0 Å². The van der Waals surface area contributed by atoms with E-state index in [1.165, 1.54) is 35.6 Å². The summed E-state index contributed by atoms with van der Waals surface area (Å²) in [6.07, 6.45) is 4.70. The Bertz CT molecular complexity index is 468. The molecular formula is C16H22BrNOS. The van der Waals surface area contributed by atoms with Crippen molar-refractivity contribution in [1.29, 1.82) is 0 Å². The van der Waals surface area contributed by atoms with Crippen LogP contribution in [0.3, 0.4) is 0 Å². The van der Waals surface area contributed by atoms with Crippen LogP contribution in [-0.2, 0) is 4.74 Å². The first-order valence-corrected chi connectivity index (χ1v) is 9.36. The zero-order chi connectivity index (χ0) is 14.0. The van der Waals surface area contributed by atoms with Crippen molar-refractivity contribution in [2.45, 2.75) is 44.2 Å². The Morgan fingerprint density at radius 1 is 1.35 bits per heavy atom. The molecule has 1 atom stereocenters. The third-order valence-electron chi connectivity index (χ3n) is 4.46. The number of ether oxygens (including phenoxy) is 1. The predicted molar refractivity (Wildman–Crippen MR) is 90.8 cm³/mol. The average molecular weight is 356 g/mol. The standard InChI is InChI=1S/C16H22BrNOS/c1-12-2-3-13(17)10-15(12)18-14-4-7-19-16(11-14)5-8-20-9-6-16/h2-3,10,14,18H,4-9,11H2,1H3. The Balaban J connectivity index is 1.69. The van der Waals surface area contributed by atoms with E-state index in [4.69, 9.17) is 4.74 Å². The largest absolute Gasteiger partial charge is 0.382 e. The van der Waals surface area contributed by atoms with Gasteiger partial charge in [0.2, 0.25) is 0 Å². The van der Waals surface area contributed by atoms with Gasteiger partial charge in [0, 0.05) is 22.8 Å². The summed E-state index contributed by atoms with van der Waals surface area (Å²) in [6, 6.07) is 7.00. The fourth-order valence-corrected chi connectivity index (χ4v) is 4.81. The van der Waals surface area contributed by atoms with Gasteiger partial charge in [-0.15, -0.1) is 0 Å². The minimum atomic E-state index is 0.154. The minimum Gasteiger partial charge on any atom is -0.382 e. The van der Waals surface area contributed by atoms with Crippen LogP contribution >= 0.6 is 27.7 Å². The summed E-state index contributed by atoms with van der Waals surface area (Å²) < 4.78 is 7.31. The molecule has 0 bridgehead atoms. The molecule has 1 aromatic rings. The van der Waals surface area contributed by atoms with Crippen molar-refractivity contribution in [3.05, 3.63) is 28.2 Å². The Morgan fingerprint density at radius 3 is 2.95 bits per heavy atom. The molecule has 0 saturated carbocycles. The fourth-order valence-electron chi connectivity index (χ4n) is 3.21. The second kappa shape index (κ2) is 6.29. The van der Waals surface area contributed by atoms with Crippen LogP contribution in [0, 0.1) is 6.92 Å². The van der Waals surface area contributed by atoms with Crippen molar-refractivity contribution in [1.82, 2.24) is 0 Å². The maximum absolute atomic E-state index is 6.17. The first kappa shape index (κ1) is 14.7. The molecule has 1 unspecified atom stereocenters. The van der Waals surface area contributed by atoms with Crippen LogP contribution in [0.4, 0.5) is 5.69 Å². The maximum atomic E-state index is 6.17. The van der Waals surface area contributed by atoms with Gasteiger partial charge in [-0.2, -0.15) is 11.8 Å². The third kappa shape index (κ3) is 3.34. The molecule has 2 saturated heterocycles. The van der Waals surface area contributed by atoms with Crippen LogP contribution in [0.5, 0.6) is 0 Å². The van der Waals surface area contributed by atoms with E-state index in [1.807, 2.05) is 0 Å². The molecule has 0 radical (unpaired) electrons. The number of halogens is 1. The van der Waals surface area contributed by atoms with Crippen molar-refractivity contribution >= 4 is 33.4 Å². The molecule has 3 rings (SSSR count). The van der Waals surface area contributed by atoms with E-state index in [-0.39, 0.29) is 5.60 Å². The second-order valence-corrected chi connectivity index (χ2v) is 8.08. The molecule has 0 amide bonds. The van der Waals surface area contributed by atoms with E-state index < -0.39 is 0 Å². The summed E-state index contributed by atoms with van der Waals surface area (Å²) in [4.78, 5) is 0. The number of rotatable bonds is 2. The predicted octanol–water partition coefficient (Wildman–Crippen LogP) is 4.61. The number of aryl methyl sites for hydroxylation is 1. The van der Waals surface area contributed by atoms with Gasteiger partial charge >= 0.3 is 0 Å². The smallest absolute Gasteiger partial charge is 0.0717 e. The van der Waals surface area contributed by atoms with Gasteiger partial charge in [-0.3, -0.25) is 0 Å². The van der Waals surface area contributed by atoms with E-state index in [0.29, 0.717) is 6.04 Å². The van der Waals surface area contributed by atoms with Crippen LogP contribution in [0.2, 0.25) is 0 Å². The topological polar surface area (TPSA) is 21.3 Å². The Labute approximate surface area is 134 Å². The zero-order valence-corrected chi connectivity index (χ0v) is 14.4. The van der Waals surface area contributed by atoms with Gasteiger partial charge in [0.05, 0.1) is 5.60 Å². The number of hydrogen-bond donors (Lipinski definition) is 1. The highest BCUT2D eigenvalue weighted by Gasteiger charge is 2.38. The van der Waals surface area contributed by atoms with Gasteiger partial charge in [0.15, 0.2) is 0 Å². The first-order chi connectivity index (χ1) is 9.67. The zero-order valence-electron chi connectivity index (χ0n) is 12.0. The van der Waals surface area contributed by atoms with Crippen LogP contribution in [-0.4, -0.2) is 29.8 Å². The van der Waals surface area contributed by atoms with Crippen molar-refractivity contribution in [3.8, 4) is 0 Å². The van der Waals surface area contributed by atoms with E-state index in [9.17, 15) is 0 Å². The molecule has 20 heavy (non-hydrogen) atoms. The lowest BCUT2D eigenvalue weighted by Gasteiger charge is -2.43. The first-order valence-electron chi connectivity index (χ1n) is 7.41. The molecule has 2 heterocycles. The molecule has 2 fully saturated rings. The number of benzene rings is 1. The highest BCUT2D eigenvalue weighted by Crippen LogP contribution is 2.38. The molecule has 2 aliphatic rings. The summed E-state index contributed by atoms with van der Waals surface area (Å²) in [5.74, 6) is 2.51. The molecular weight excluding hydrogens is 334 g/mol. The van der Waals surface area contributed by atoms with Gasteiger partial charge < -0.3 is 10.1 Å². The SMILES string of the molecule is Cc1ccc(Br)cc1NC1CCOC2(CCSCC2)C1. The van der Waals surface area contributed by atoms with Crippen LogP contribution in [0.25, 0.3) is 0 Å². The highest BCUT2D eigenvalue weighted by molar-refractivity contribution is 9.10. The molecule has 2 nitrogen and oxygen atoms in total. The van der Waals surface area contributed by atoms with E-state index in [1.54, 1.807) is 0 Å². The van der Waals surface area contributed by atoms with Gasteiger partial charge in [-0.05, 0) is 61.8 Å². The van der Waals surface area contributed by atoms with Gasteiger partial charge in [-0.25, -0.2) is 0 Å². The van der Waals surface area contributed by atoms with Crippen LogP contribution in [0.1, 0.15) is 31.2 Å². The average Bonchev–Trinajstić information content (AvgIpc) is 2.44. The monoisotopic (exact) mass is 355 g/mol. The second-order valence-electron chi connectivity index (χ2n) is 5.94. The van der Waals surface area contributed by atoms with Crippen molar-refractivity contribution < 1.29 is 4.74 Å². The van der Waals surface area contributed by atoms with Crippen molar-refractivity contribution in [2.75, 3.05) is 23.4 Å². The molecule has 0 aromatic heterocycles. The third-order valence-corrected chi connectivity index (χ3v) is 5.94. The quantitative estimate of drug-likeness (QED) is 0.836. The number of thioether (sulfide) groups is 1. The van der Waals surface area contributed by atoms with E-state index >= 15 is 0 Å². The summed E-state index contributed by atoms with van der Waals surface area (Å²) in [5.41, 5.74) is 2.72. The Kier molecular flexibility index (Phi) is 4.63. The molecule has 2 aliphatic heterocycles. The fraction of sp³-hybridized carbons (Fsp3) is 0.625. The Morgan fingerprint density at radius 2 is 2.15 bits per heavy atom. The summed E-state index contributed by atoms with van der Waals surface area (Å²) in [7, 11) is 0. The molecule has 1 N–H and O–H groups in total. The Hall–Kier alpha value is -0.190. The molecule has 0 aliphatic carbocycles. The number of anilines is 1. The molecule has 4 heteroatoms. The summed E-state index contributed by atoms with van der Waals surface area (Å²) >= 11 is 5.63. The number of nitrogens with one attached hydrogen (secondary N) is 1.